The van der Waals surface area contributed by atoms with E-state index in [1.165, 1.54) is 0 Å². The van der Waals surface area contributed by atoms with Crippen molar-refractivity contribution in [2.75, 3.05) is 5.73 Å². The van der Waals surface area contributed by atoms with Crippen LogP contribution in [-0.2, 0) is 6.54 Å². The number of nitrogens with two attached hydrogens (primary N) is 1. The number of carbonyl (C=O) groups is 1. The monoisotopic (exact) mass is 306 g/mol. The fraction of sp³-hybridized carbons (Fsp3) is 0.0769. The molecule has 0 saturated carbocycles. The van der Waals surface area contributed by atoms with Crippen LogP contribution in [0.15, 0.2) is 36.5 Å². The normalized spacial score (nSPS) is 10.1. The summed E-state index contributed by atoms with van der Waals surface area (Å²) < 4.78 is 0. The number of nitrogen functional groups attached to an aromatic ring is 1. The van der Waals surface area contributed by atoms with Gasteiger partial charge in [-0.3, -0.25) is 14.9 Å². The predicted octanol–water partition coefficient (Wildman–Crippen LogP) is 2.16. The van der Waals surface area contributed by atoms with E-state index >= 15 is 0 Å². The van der Waals surface area contributed by atoms with Crippen LogP contribution < -0.4 is 11.1 Å². The molecule has 2 aromatic rings. The maximum Gasteiger partial charge on any atom is 0.288 e. The fourth-order valence-corrected chi connectivity index (χ4v) is 1.75. The van der Waals surface area contributed by atoms with Crippen molar-refractivity contribution in [3.8, 4) is 0 Å². The Kier molecular flexibility index (Phi) is 4.34. The molecule has 1 amide bonds. The van der Waals surface area contributed by atoms with E-state index in [0.717, 1.165) is 17.8 Å². The van der Waals surface area contributed by atoms with E-state index < -0.39 is 10.8 Å². The van der Waals surface area contributed by atoms with E-state index in [4.69, 9.17) is 17.3 Å². The number of pyridine rings is 1. The molecular formula is C13H11ClN4O3. The standard InChI is InChI=1S/C13H11ClN4O3/c14-9-3-1-8(2-4-9)6-17-13(19)11-5-10(18(20)21)7-16-12(11)15/h1-5,7H,6H2,(H2,15,16)(H,17,19). The number of nitro groups is 1. The Hall–Kier alpha value is -2.67. The molecule has 0 radical (unpaired) electrons. The predicted molar refractivity (Wildman–Crippen MR) is 77.9 cm³/mol. The van der Waals surface area contributed by atoms with Crippen LogP contribution in [0, 0.1) is 10.1 Å². The highest BCUT2D eigenvalue weighted by atomic mass is 35.5. The number of rotatable bonds is 4. The number of nitrogens with zero attached hydrogens (tertiary/aromatic N) is 2. The van der Waals surface area contributed by atoms with Gasteiger partial charge in [0.1, 0.15) is 12.0 Å². The van der Waals surface area contributed by atoms with Crippen molar-refractivity contribution in [1.29, 1.82) is 0 Å². The van der Waals surface area contributed by atoms with E-state index in [-0.39, 0.29) is 23.6 Å². The third-order valence-electron chi connectivity index (χ3n) is 2.73. The van der Waals surface area contributed by atoms with Gasteiger partial charge in [0.15, 0.2) is 0 Å². The molecule has 0 aliphatic heterocycles. The summed E-state index contributed by atoms with van der Waals surface area (Å²) in [6, 6.07) is 8.02. The zero-order valence-electron chi connectivity index (χ0n) is 10.7. The molecule has 108 valence electrons. The Bertz CT molecular complexity index is 688. The van der Waals surface area contributed by atoms with Gasteiger partial charge in [0, 0.05) is 17.6 Å². The largest absolute Gasteiger partial charge is 0.383 e. The Balaban J connectivity index is 2.11. The highest BCUT2D eigenvalue weighted by molar-refractivity contribution is 6.30. The highest BCUT2D eigenvalue weighted by Gasteiger charge is 2.16. The van der Waals surface area contributed by atoms with Crippen molar-refractivity contribution in [3.05, 3.63) is 62.8 Å². The number of aromatic nitrogens is 1. The lowest BCUT2D eigenvalue weighted by Crippen LogP contribution is -2.24. The summed E-state index contributed by atoms with van der Waals surface area (Å²) in [5.41, 5.74) is 6.08. The zero-order chi connectivity index (χ0) is 15.4. The number of carbonyl (C=O) groups excluding carboxylic acids is 1. The van der Waals surface area contributed by atoms with Gasteiger partial charge < -0.3 is 11.1 Å². The van der Waals surface area contributed by atoms with Gasteiger partial charge in [-0.2, -0.15) is 0 Å². The highest BCUT2D eigenvalue weighted by Crippen LogP contribution is 2.17. The van der Waals surface area contributed by atoms with Gasteiger partial charge >= 0.3 is 0 Å². The van der Waals surface area contributed by atoms with Gasteiger partial charge in [0.25, 0.3) is 11.6 Å². The molecule has 0 fully saturated rings. The average Bonchev–Trinajstić information content (AvgIpc) is 2.46. The second-order valence-corrected chi connectivity index (χ2v) is 4.63. The average molecular weight is 307 g/mol. The van der Waals surface area contributed by atoms with Crippen LogP contribution in [0.1, 0.15) is 15.9 Å². The van der Waals surface area contributed by atoms with Gasteiger partial charge in [-0.15, -0.1) is 0 Å². The summed E-state index contributed by atoms with van der Waals surface area (Å²) >= 11 is 5.76. The van der Waals surface area contributed by atoms with Crippen LogP contribution >= 0.6 is 11.6 Å². The molecule has 1 aromatic carbocycles. The molecule has 1 aromatic heterocycles. The summed E-state index contributed by atoms with van der Waals surface area (Å²) in [6.45, 7) is 0.248. The first kappa shape index (κ1) is 14.7. The maximum atomic E-state index is 12.0. The molecule has 1 heterocycles. The second kappa shape index (κ2) is 6.19. The minimum atomic E-state index is -0.636. The van der Waals surface area contributed by atoms with Crippen LogP contribution in [0.2, 0.25) is 5.02 Å². The molecule has 3 N–H and O–H groups in total. The second-order valence-electron chi connectivity index (χ2n) is 4.19. The summed E-state index contributed by atoms with van der Waals surface area (Å²) in [7, 11) is 0. The van der Waals surface area contributed by atoms with Crippen molar-refractivity contribution in [1.82, 2.24) is 10.3 Å². The van der Waals surface area contributed by atoms with Gasteiger partial charge in [-0.05, 0) is 17.7 Å². The summed E-state index contributed by atoms with van der Waals surface area (Å²) in [6.07, 6.45) is 1.01. The Labute approximate surface area is 124 Å². The molecule has 0 spiro atoms. The van der Waals surface area contributed by atoms with E-state index in [1.807, 2.05) is 0 Å². The lowest BCUT2D eigenvalue weighted by molar-refractivity contribution is -0.385. The van der Waals surface area contributed by atoms with Crippen LogP contribution in [-0.4, -0.2) is 15.8 Å². The lowest BCUT2D eigenvalue weighted by Gasteiger charge is -2.07. The third-order valence-corrected chi connectivity index (χ3v) is 2.98. The Morgan fingerprint density at radius 1 is 1.38 bits per heavy atom. The number of hydrogen-bond donors (Lipinski definition) is 2. The number of nitrogens with one attached hydrogen (secondary N) is 1. The van der Waals surface area contributed by atoms with Gasteiger partial charge in [-0.1, -0.05) is 23.7 Å². The van der Waals surface area contributed by atoms with E-state index in [2.05, 4.69) is 10.3 Å². The van der Waals surface area contributed by atoms with Crippen LogP contribution in [0.25, 0.3) is 0 Å². The first-order valence-electron chi connectivity index (χ1n) is 5.90. The van der Waals surface area contributed by atoms with Crippen molar-refractivity contribution in [3.63, 3.8) is 0 Å². The lowest BCUT2D eigenvalue weighted by atomic mass is 10.2. The first-order valence-corrected chi connectivity index (χ1v) is 6.27. The van der Waals surface area contributed by atoms with Crippen molar-refractivity contribution in [2.45, 2.75) is 6.54 Å². The fourth-order valence-electron chi connectivity index (χ4n) is 1.63. The van der Waals surface area contributed by atoms with Crippen molar-refractivity contribution < 1.29 is 9.72 Å². The van der Waals surface area contributed by atoms with Gasteiger partial charge in [0.2, 0.25) is 0 Å². The number of benzene rings is 1. The molecule has 0 aliphatic rings. The molecule has 8 heteroatoms. The minimum Gasteiger partial charge on any atom is -0.383 e. The molecule has 0 saturated heterocycles. The summed E-state index contributed by atoms with van der Waals surface area (Å²) in [5, 5.41) is 13.9. The van der Waals surface area contributed by atoms with E-state index in [0.29, 0.717) is 5.02 Å². The van der Waals surface area contributed by atoms with Crippen molar-refractivity contribution >= 4 is 29.0 Å². The van der Waals surface area contributed by atoms with E-state index in [1.54, 1.807) is 24.3 Å². The molecule has 0 aliphatic carbocycles. The number of hydrogen-bond acceptors (Lipinski definition) is 5. The molecule has 0 bridgehead atoms. The zero-order valence-corrected chi connectivity index (χ0v) is 11.5. The minimum absolute atomic E-state index is 0.0295. The summed E-state index contributed by atoms with van der Waals surface area (Å²) in [5.74, 6) is -0.590. The Morgan fingerprint density at radius 3 is 2.67 bits per heavy atom. The number of halogens is 1. The van der Waals surface area contributed by atoms with Crippen molar-refractivity contribution in [2.24, 2.45) is 0 Å². The van der Waals surface area contributed by atoms with Gasteiger partial charge in [-0.25, -0.2) is 4.98 Å². The molecule has 7 nitrogen and oxygen atoms in total. The van der Waals surface area contributed by atoms with Crippen LogP contribution in [0.5, 0.6) is 0 Å². The van der Waals surface area contributed by atoms with E-state index in [9.17, 15) is 14.9 Å². The third kappa shape index (κ3) is 3.67. The molecule has 0 unspecified atom stereocenters. The molecule has 21 heavy (non-hydrogen) atoms. The quantitative estimate of drug-likeness (QED) is 0.664. The first-order chi connectivity index (χ1) is 9.97. The molecular weight excluding hydrogens is 296 g/mol. The van der Waals surface area contributed by atoms with Gasteiger partial charge in [0.05, 0.1) is 10.5 Å². The summed E-state index contributed by atoms with van der Waals surface area (Å²) in [4.78, 5) is 25.7. The number of anilines is 1. The smallest absolute Gasteiger partial charge is 0.288 e. The Morgan fingerprint density at radius 2 is 2.05 bits per heavy atom. The number of amides is 1. The SMILES string of the molecule is Nc1ncc([N+](=O)[O-])cc1C(=O)NCc1ccc(Cl)cc1. The van der Waals surface area contributed by atoms with Crippen LogP contribution in [0.4, 0.5) is 11.5 Å². The maximum absolute atomic E-state index is 12.0. The molecule has 0 atom stereocenters. The van der Waals surface area contributed by atoms with Crippen LogP contribution in [0.3, 0.4) is 0 Å². The topological polar surface area (TPSA) is 111 Å². The molecule has 2 rings (SSSR count).